The van der Waals surface area contributed by atoms with Crippen LogP contribution >= 0.6 is 11.6 Å². The first-order valence-electron chi connectivity index (χ1n) is 7.81. The minimum Gasteiger partial charge on any atom is -0.328 e. The fourth-order valence-electron chi connectivity index (χ4n) is 2.73. The zero-order valence-electron chi connectivity index (χ0n) is 12.9. The highest BCUT2D eigenvalue weighted by Gasteiger charge is 2.18. The Bertz CT molecular complexity index is 664. The number of hydrogen-bond acceptors (Lipinski definition) is 2. The SMILES string of the molecule is Fc1cccc(C=NN2CC[NH+](Cc3ccc(Cl)cc3)CC2)c1. The number of piperazine rings is 1. The summed E-state index contributed by atoms with van der Waals surface area (Å²) < 4.78 is 13.1. The number of nitrogens with zero attached hydrogens (tertiary/aromatic N) is 2. The maximum atomic E-state index is 13.1. The third-order valence-corrected chi connectivity index (χ3v) is 4.29. The molecule has 1 aliphatic rings. The van der Waals surface area contributed by atoms with Crippen molar-refractivity contribution in [2.45, 2.75) is 6.54 Å². The minimum absolute atomic E-state index is 0.230. The van der Waals surface area contributed by atoms with Gasteiger partial charge in [0.25, 0.3) is 0 Å². The molecule has 0 saturated carbocycles. The second-order valence-electron chi connectivity index (χ2n) is 5.81. The number of hydrogen-bond donors (Lipinski definition) is 1. The van der Waals surface area contributed by atoms with E-state index in [2.05, 4.69) is 22.2 Å². The summed E-state index contributed by atoms with van der Waals surface area (Å²) >= 11 is 5.92. The second-order valence-corrected chi connectivity index (χ2v) is 6.24. The van der Waals surface area contributed by atoms with E-state index in [1.54, 1.807) is 17.2 Å². The number of benzene rings is 2. The second kappa shape index (κ2) is 7.57. The first-order valence-corrected chi connectivity index (χ1v) is 8.19. The van der Waals surface area contributed by atoms with E-state index in [0.29, 0.717) is 0 Å². The lowest BCUT2D eigenvalue weighted by Crippen LogP contribution is -3.13. The standard InChI is InChI=1S/C18H19ClFN3/c19-17-6-4-15(5-7-17)14-22-8-10-23(11-9-22)21-13-16-2-1-3-18(20)12-16/h1-7,12-13H,8-11,14H2/p+1. The number of halogens is 2. The molecule has 2 aromatic carbocycles. The summed E-state index contributed by atoms with van der Waals surface area (Å²) in [4.78, 5) is 1.55. The molecule has 0 aromatic heterocycles. The minimum atomic E-state index is -0.230. The van der Waals surface area contributed by atoms with Gasteiger partial charge in [-0.2, -0.15) is 5.10 Å². The first-order chi connectivity index (χ1) is 11.2. The van der Waals surface area contributed by atoms with Gasteiger partial charge < -0.3 is 4.90 Å². The summed E-state index contributed by atoms with van der Waals surface area (Å²) in [5.41, 5.74) is 2.10. The lowest BCUT2D eigenvalue weighted by molar-refractivity contribution is -0.918. The number of quaternary nitrogens is 1. The van der Waals surface area contributed by atoms with Gasteiger partial charge in [0.05, 0.1) is 32.4 Å². The summed E-state index contributed by atoms with van der Waals surface area (Å²) in [6.45, 7) is 4.92. The van der Waals surface area contributed by atoms with Gasteiger partial charge in [0.15, 0.2) is 0 Å². The van der Waals surface area contributed by atoms with Crippen LogP contribution in [0.25, 0.3) is 0 Å². The van der Waals surface area contributed by atoms with Gasteiger partial charge in [0.1, 0.15) is 12.4 Å². The van der Waals surface area contributed by atoms with E-state index in [-0.39, 0.29) is 5.82 Å². The van der Waals surface area contributed by atoms with E-state index in [1.807, 2.05) is 18.2 Å². The molecule has 0 amide bonds. The zero-order chi connectivity index (χ0) is 16.1. The Hall–Kier alpha value is -1.91. The molecule has 1 fully saturated rings. The fraction of sp³-hybridized carbons (Fsp3) is 0.278. The Morgan fingerprint density at radius 1 is 1.13 bits per heavy atom. The van der Waals surface area contributed by atoms with Gasteiger partial charge in [-0.25, -0.2) is 4.39 Å². The predicted octanol–water partition coefficient (Wildman–Crippen LogP) is 2.21. The molecule has 1 saturated heterocycles. The lowest BCUT2D eigenvalue weighted by atomic mass is 10.2. The van der Waals surface area contributed by atoms with Crippen LogP contribution in [0, 0.1) is 5.82 Å². The molecule has 23 heavy (non-hydrogen) atoms. The largest absolute Gasteiger partial charge is 0.328 e. The van der Waals surface area contributed by atoms with Gasteiger partial charge in [-0.15, -0.1) is 0 Å². The van der Waals surface area contributed by atoms with Crippen molar-refractivity contribution in [2.75, 3.05) is 26.2 Å². The molecule has 3 rings (SSSR count). The highest BCUT2D eigenvalue weighted by molar-refractivity contribution is 6.30. The van der Waals surface area contributed by atoms with Crippen LogP contribution in [0.15, 0.2) is 53.6 Å². The van der Waals surface area contributed by atoms with Crippen molar-refractivity contribution < 1.29 is 9.29 Å². The Labute approximate surface area is 141 Å². The normalized spacial score (nSPS) is 16.2. The molecule has 1 heterocycles. The maximum Gasteiger partial charge on any atom is 0.123 e. The van der Waals surface area contributed by atoms with Crippen molar-refractivity contribution in [3.05, 3.63) is 70.5 Å². The molecule has 0 bridgehead atoms. The molecule has 0 unspecified atom stereocenters. The molecule has 5 heteroatoms. The van der Waals surface area contributed by atoms with E-state index in [4.69, 9.17) is 11.6 Å². The molecular weight excluding hydrogens is 313 g/mol. The van der Waals surface area contributed by atoms with Gasteiger partial charge in [-0.05, 0) is 29.8 Å². The summed E-state index contributed by atoms with van der Waals surface area (Å²) in [6.07, 6.45) is 1.73. The van der Waals surface area contributed by atoms with Gasteiger partial charge in [-0.1, -0.05) is 35.9 Å². The summed E-state index contributed by atoms with van der Waals surface area (Å²) in [6, 6.07) is 14.5. The Balaban J connectivity index is 1.49. The summed E-state index contributed by atoms with van der Waals surface area (Å²) in [5.74, 6) is -0.230. The van der Waals surface area contributed by atoms with Crippen LogP contribution in [0.1, 0.15) is 11.1 Å². The highest BCUT2D eigenvalue weighted by Crippen LogP contribution is 2.08. The van der Waals surface area contributed by atoms with Crippen LogP contribution in [0.2, 0.25) is 5.02 Å². The topological polar surface area (TPSA) is 20.0 Å². The van der Waals surface area contributed by atoms with Crippen molar-refractivity contribution in [3.63, 3.8) is 0 Å². The van der Waals surface area contributed by atoms with Crippen molar-refractivity contribution in [1.29, 1.82) is 0 Å². The average Bonchev–Trinajstić information content (AvgIpc) is 2.56. The van der Waals surface area contributed by atoms with Crippen LogP contribution in [0.3, 0.4) is 0 Å². The van der Waals surface area contributed by atoms with Gasteiger partial charge in [-0.3, -0.25) is 5.01 Å². The van der Waals surface area contributed by atoms with Crippen molar-refractivity contribution in [3.8, 4) is 0 Å². The van der Waals surface area contributed by atoms with Crippen molar-refractivity contribution >= 4 is 17.8 Å². The van der Waals surface area contributed by atoms with Crippen LogP contribution in [0.5, 0.6) is 0 Å². The Morgan fingerprint density at radius 3 is 2.57 bits per heavy atom. The van der Waals surface area contributed by atoms with E-state index in [1.165, 1.54) is 17.7 Å². The first kappa shape index (κ1) is 16.0. The number of rotatable bonds is 4. The molecule has 1 aliphatic heterocycles. The van der Waals surface area contributed by atoms with Crippen LogP contribution in [-0.2, 0) is 6.54 Å². The zero-order valence-corrected chi connectivity index (χ0v) is 13.6. The molecular formula is C18H20ClFN3+. The van der Waals surface area contributed by atoms with E-state index in [9.17, 15) is 4.39 Å². The Morgan fingerprint density at radius 2 is 1.87 bits per heavy atom. The Kier molecular flexibility index (Phi) is 5.26. The van der Waals surface area contributed by atoms with Crippen LogP contribution in [-0.4, -0.2) is 37.4 Å². The van der Waals surface area contributed by atoms with Gasteiger partial charge in [0, 0.05) is 10.6 Å². The van der Waals surface area contributed by atoms with Crippen LogP contribution < -0.4 is 4.90 Å². The quantitative estimate of drug-likeness (QED) is 0.851. The molecule has 2 aromatic rings. The van der Waals surface area contributed by atoms with Gasteiger partial charge in [0.2, 0.25) is 0 Å². The van der Waals surface area contributed by atoms with Crippen molar-refractivity contribution in [2.24, 2.45) is 5.10 Å². The molecule has 120 valence electrons. The van der Waals surface area contributed by atoms with E-state index >= 15 is 0 Å². The lowest BCUT2D eigenvalue weighted by Gasteiger charge is -2.30. The van der Waals surface area contributed by atoms with E-state index in [0.717, 1.165) is 43.3 Å². The molecule has 3 nitrogen and oxygen atoms in total. The maximum absolute atomic E-state index is 13.1. The molecule has 1 N–H and O–H groups in total. The monoisotopic (exact) mass is 332 g/mol. The highest BCUT2D eigenvalue weighted by atomic mass is 35.5. The smallest absolute Gasteiger partial charge is 0.123 e. The number of hydrazone groups is 1. The van der Waals surface area contributed by atoms with E-state index < -0.39 is 0 Å². The number of nitrogens with one attached hydrogen (secondary N) is 1. The molecule has 0 aliphatic carbocycles. The average molecular weight is 333 g/mol. The third-order valence-electron chi connectivity index (χ3n) is 4.03. The van der Waals surface area contributed by atoms with Crippen molar-refractivity contribution in [1.82, 2.24) is 5.01 Å². The molecule has 0 atom stereocenters. The van der Waals surface area contributed by atoms with Gasteiger partial charge >= 0.3 is 0 Å². The predicted molar refractivity (Wildman–Crippen MR) is 91.4 cm³/mol. The molecule has 0 spiro atoms. The summed E-state index contributed by atoms with van der Waals surface area (Å²) in [5, 5.41) is 7.29. The summed E-state index contributed by atoms with van der Waals surface area (Å²) in [7, 11) is 0. The fourth-order valence-corrected chi connectivity index (χ4v) is 2.86. The molecule has 0 radical (unpaired) electrons. The third kappa shape index (κ3) is 4.78. The van der Waals surface area contributed by atoms with Crippen LogP contribution in [0.4, 0.5) is 4.39 Å².